The summed E-state index contributed by atoms with van der Waals surface area (Å²) in [6.07, 6.45) is 0.310. The molecule has 0 atom stereocenters. The first-order chi connectivity index (χ1) is 7.04. The number of halogens is 1. The van der Waals surface area contributed by atoms with Gasteiger partial charge in [-0.2, -0.15) is 0 Å². The van der Waals surface area contributed by atoms with Crippen LogP contribution in [0.3, 0.4) is 0 Å². The molecule has 0 N–H and O–H groups in total. The maximum atomic E-state index is 11.1. The van der Waals surface area contributed by atoms with Crippen molar-refractivity contribution in [3.8, 4) is 0 Å². The molecule has 0 aromatic heterocycles. The molecule has 1 aromatic rings. The van der Waals surface area contributed by atoms with E-state index in [1.165, 1.54) is 6.07 Å². The Morgan fingerprint density at radius 3 is 2.67 bits per heavy atom. The Hall–Kier alpha value is -1.23. The number of alkyl halides is 1. The van der Waals surface area contributed by atoms with Crippen molar-refractivity contribution in [3.63, 3.8) is 0 Å². The molecule has 1 aromatic carbocycles. The van der Waals surface area contributed by atoms with E-state index in [-0.39, 0.29) is 11.5 Å². The monoisotopic (exact) mass is 271 g/mol. The summed E-state index contributed by atoms with van der Waals surface area (Å²) >= 11 is 3.07. The van der Waals surface area contributed by atoms with Gasteiger partial charge in [0.05, 0.1) is 10.3 Å². The van der Waals surface area contributed by atoms with Crippen LogP contribution in [0.2, 0.25) is 0 Å². The number of rotatable bonds is 4. The maximum absolute atomic E-state index is 11.1. The molecular weight excluding hydrogens is 262 g/mol. The Labute approximate surface area is 95.6 Å². The Morgan fingerprint density at radius 2 is 2.20 bits per heavy atom. The zero-order valence-electron chi connectivity index (χ0n) is 8.20. The summed E-state index contributed by atoms with van der Waals surface area (Å²) in [6, 6.07) is 4.73. The fourth-order valence-corrected chi connectivity index (χ4v) is 1.51. The normalized spacial score (nSPS) is 10.0. The molecule has 1 rings (SSSR count). The molecule has 0 aliphatic heterocycles. The second kappa shape index (κ2) is 5.02. The van der Waals surface area contributed by atoms with Gasteiger partial charge in [0, 0.05) is 18.1 Å². The van der Waals surface area contributed by atoms with E-state index < -0.39 is 4.92 Å². The molecule has 0 saturated carbocycles. The molecule has 0 aliphatic carbocycles. The Bertz CT molecular complexity index is 404. The number of hydrogen-bond donors (Lipinski definition) is 0. The molecule has 5 heteroatoms. The van der Waals surface area contributed by atoms with Crippen LogP contribution in [0.1, 0.15) is 11.1 Å². The maximum Gasteiger partial charge on any atom is 0.272 e. The zero-order chi connectivity index (χ0) is 11.4. The van der Waals surface area contributed by atoms with Crippen LogP contribution in [0.5, 0.6) is 0 Å². The summed E-state index contributed by atoms with van der Waals surface area (Å²) < 4.78 is 0. The Morgan fingerprint density at radius 1 is 1.53 bits per heavy atom. The van der Waals surface area contributed by atoms with Gasteiger partial charge >= 0.3 is 0 Å². The highest BCUT2D eigenvalue weighted by Gasteiger charge is 2.11. The topological polar surface area (TPSA) is 60.2 Å². The van der Waals surface area contributed by atoms with Gasteiger partial charge in [-0.3, -0.25) is 14.9 Å². The van der Waals surface area contributed by atoms with E-state index in [2.05, 4.69) is 15.9 Å². The third-order valence-electron chi connectivity index (χ3n) is 2.01. The standard InChI is InChI=1S/C10H10BrNO3/c1-7-4-8(5-9(13)6-11)2-3-10(7)12(14)15/h2-4H,5-6H2,1H3. The molecule has 0 fully saturated rings. The molecule has 4 nitrogen and oxygen atoms in total. The fourth-order valence-electron chi connectivity index (χ4n) is 1.31. The lowest BCUT2D eigenvalue weighted by Crippen LogP contribution is -2.04. The minimum Gasteiger partial charge on any atom is -0.298 e. The number of aryl methyl sites for hydroxylation is 1. The van der Waals surface area contributed by atoms with Crippen LogP contribution in [-0.4, -0.2) is 16.0 Å². The van der Waals surface area contributed by atoms with Gasteiger partial charge in [-0.1, -0.05) is 22.0 Å². The molecule has 0 heterocycles. The van der Waals surface area contributed by atoms with Crippen molar-refractivity contribution < 1.29 is 9.72 Å². The van der Waals surface area contributed by atoms with Crippen LogP contribution >= 0.6 is 15.9 Å². The average Bonchev–Trinajstić information content (AvgIpc) is 2.17. The second-order valence-corrected chi connectivity index (χ2v) is 3.79. The smallest absolute Gasteiger partial charge is 0.272 e. The van der Waals surface area contributed by atoms with E-state index in [4.69, 9.17) is 0 Å². The largest absolute Gasteiger partial charge is 0.298 e. The third-order valence-corrected chi connectivity index (χ3v) is 2.63. The van der Waals surface area contributed by atoms with E-state index in [0.717, 1.165) is 5.56 Å². The molecule has 15 heavy (non-hydrogen) atoms. The number of benzene rings is 1. The third kappa shape index (κ3) is 3.13. The number of Topliss-reactive ketones (excluding diaryl/α,β-unsaturated/α-hetero) is 1. The minimum absolute atomic E-state index is 0.0586. The van der Waals surface area contributed by atoms with Crippen LogP contribution in [0.4, 0.5) is 5.69 Å². The van der Waals surface area contributed by atoms with Gasteiger partial charge in [-0.25, -0.2) is 0 Å². The van der Waals surface area contributed by atoms with Crippen LogP contribution in [-0.2, 0) is 11.2 Å². The van der Waals surface area contributed by atoms with Crippen LogP contribution in [0.15, 0.2) is 18.2 Å². The van der Waals surface area contributed by atoms with Gasteiger partial charge in [0.15, 0.2) is 0 Å². The van der Waals surface area contributed by atoms with Crippen molar-refractivity contribution in [1.82, 2.24) is 0 Å². The van der Waals surface area contributed by atoms with Crippen molar-refractivity contribution in [2.75, 3.05) is 5.33 Å². The second-order valence-electron chi connectivity index (χ2n) is 3.23. The van der Waals surface area contributed by atoms with Gasteiger partial charge < -0.3 is 0 Å². The zero-order valence-corrected chi connectivity index (χ0v) is 9.78. The molecular formula is C10H10BrNO3. The predicted molar refractivity (Wildman–Crippen MR) is 60.3 cm³/mol. The summed E-state index contributed by atoms with van der Waals surface area (Å²) in [5.74, 6) is 0.0586. The highest BCUT2D eigenvalue weighted by molar-refractivity contribution is 9.09. The van der Waals surface area contributed by atoms with Crippen LogP contribution < -0.4 is 0 Å². The minimum atomic E-state index is -0.425. The highest BCUT2D eigenvalue weighted by Crippen LogP contribution is 2.19. The Kier molecular flexibility index (Phi) is 3.96. The first kappa shape index (κ1) is 11.8. The quantitative estimate of drug-likeness (QED) is 0.480. The number of nitro groups is 1. The molecule has 0 saturated heterocycles. The predicted octanol–water partition coefficient (Wildman–Crippen LogP) is 2.41. The van der Waals surface area contributed by atoms with E-state index in [1.807, 2.05) is 0 Å². The molecule has 0 bridgehead atoms. The number of nitrogens with zero attached hydrogens (tertiary/aromatic N) is 1. The summed E-state index contributed by atoms with van der Waals surface area (Å²) in [4.78, 5) is 21.2. The molecule has 0 unspecified atom stereocenters. The lowest BCUT2D eigenvalue weighted by atomic mass is 10.1. The van der Waals surface area contributed by atoms with E-state index in [0.29, 0.717) is 17.3 Å². The lowest BCUT2D eigenvalue weighted by Gasteiger charge is -2.01. The van der Waals surface area contributed by atoms with Crippen LogP contribution in [0, 0.1) is 17.0 Å². The van der Waals surface area contributed by atoms with Crippen molar-refractivity contribution >= 4 is 27.4 Å². The molecule has 0 radical (unpaired) electrons. The molecule has 0 amide bonds. The number of carbonyl (C=O) groups excluding carboxylic acids is 1. The van der Waals surface area contributed by atoms with Crippen molar-refractivity contribution in [1.29, 1.82) is 0 Å². The average molecular weight is 272 g/mol. The van der Waals surface area contributed by atoms with Crippen molar-refractivity contribution in [3.05, 3.63) is 39.4 Å². The highest BCUT2D eigenvalue weighted by atomic mass is 79.9. The fraction of sp³-hybridized carbons (Fsp3) is 0.300. The summed E-state index contributed by atoms with van der Waals surface area (Å²) in [5, 5.41) is 10.9. The molecule has 0 aliphatic rings. The van der Waals surface area contributed by atoms with Gasteiger partial charge in [0.1, 0.15) is 5.78 Å². The van der Waals surface area contributed by atoms with Gasteiger partial charge in [0.2, 0.25) is 0 Å². The first-order valence-corrected chi connectivity index (χ1v) is 5.48. The van der Waals surface area contributed by atoms with Gasteiger partial charge in [-0.05, 0) is 18.6 Å². The molecule has 80 valence electrons. The van der Waals surface area contributed by atoms with Crippen molar-refractivity contribution in [2.24, 2.45) is 0 Å². The summed E-state index contributed by atoms with van der Waals surface area (Å²) in [6.45, 7) is 1.67. The number of ketones is 1. The SMILES string of the molecule is Cc1cc(CC(=O)CBr)ccc1[N+](=O)[O-]. The van der Waals surface area contributed by atoms with Crippen LogP contribution in [0.25, 0.3) is 0 Å². The first-order valence-electron chi connectivity index (χ1n) is 4.36. The van der Waals surface area contributed by atoms with E-state index >= 15 is 0 Å². The number of carbonyl (C=O) groups is 1. The lowest BCUT2D eigenvalue weighted by molar-refractivity contribution is -0.385. The number of nitro benzene ring substituents is 1. The summed E-state index contributed by atoms with van der Waals surface area (Å²) in [7, 11) is 0. The van der Waals surface area contributed by atoms with Gasteiger partial charge in [0.25, 0.3) is 5.69 Å². The van der Waals surface area contributed by atoms with Gasteiger partial charge in [-0.15, -0.1) is 0 Å². The Balaban J connectivity index is 2.91. The van der Waals surface area contributed by atoms with E-state index in [1.54, 1.807) is 19.1 Å². The van der Waals surface area contributed by atoms with E-state index in [9.17, 15) is 14.9 Å². The summed E-state index contributed by atoms with van der Waals surface area (Å²) in [5.41, 5.74) is 1.48. The number of hydrogen-bond acceptors (Lipinski definition) is 3. The molecule has 0 spiro atoms. The van der Waals surface area contributed by atoms with Crippen molar-refractivity contribution in [2.45, 2.75) is 13.3 Å².